The predicted octanol–water partition coefficient (Wildman–Crippen LogP) is 2.61. The Bertz CT molecular complexity index is 425. The highest BCUT2D eigenvalue weighted by molar-refractivity contribution is 5.92. The minimum Gasteiger partial charge on any atom is -0.397 e. The molecule has 0 saturated carbocycles. The summed E-state index contributed by atoms with van der Waals surface area (Å²) in [6.07, 6.45) is 3.86. The van der Waals surface area contributed by atoms with Gasteiger partial charge in [-0.1, -0.05) is 6.92 Å². The van der Waals surface area contributed by atoms with Crippen molar-refractivity contribution in [1.29, 1.82) is 0 Å². The van der Waals surface area contributed by atoms with Gasteiger partial charge in [-0.2, -0.15) is 0 Å². The van der Waals surface area contributed by atoms with E-state index in [-0.39, 0.29) is 5.91 Å². The predicted molar refractivity (Wildman–Crippen MR) is 75.8 cm³/mol. The second-order valence-corrected chi connectivity index (χ2v) is 4.77. The van der Waals surface area contributed by atoms with Crippen LogP contribution in [0.15, 0.2) is 18.2 Å². The van der Waals surface area contributed by atoms with Crippen LogP contribution in [0.2, 0.25) is 0 Å². The van der Waals surface area contributed by atoms with E-state index in [0.29, 0.717) is 6.42 Å². The normalized spacial score (nSPS) is 14.8. The number of nitrogens with one attached hydrogen (secondary N) is 1. The summed E-state index contributed by atoms with van der Waals surface area (Å²) in [5.74, 6) is 0.0471. The van der Waals surface area contributed by atoms with Crippen LogP contribution in [0.4, 0.5) is 17.1 Å². The number of carbonyl (C=O) groups excluding carboxylic acids is 1. The first-order valence-electron chi connectivity index (χ1n) is 6.65. The van der Waals surface area contributed by atoms with Crippen LogP contribution in [-0.4, -0.2) is 19.0 Å². The molecule has 1 fully saturated rings. The molecule has 18 heavy (non-hydrogen) atoms. The highest BCUT2D eigenvalue weighted by Gasteiger charge is 2.15. The number of nitrogen functional groups attached to an aromatic ring is 1. The summed E-state index contributed by atoms with van der Waals surface area (Å²) < 4.78 is 0. The van der Waals surface area contributed by atoms with Gasteiger partial charge in [-0.25, -0.2) is 0 Å². The molecule has 4 nitrogen and oxygen atoms in total. The van der Waals surface area contributed by atoms with E-state index in [2.05, 4.69) is 10.2 Å². The highest BCUT2D eigenvalue weighted by atomic mass is 16.1. The van der Waals surface area contributed by atoms with E-state index in [0.717, 1.165) is 36.6 Å². The van der Waals surface area contributed by atoms with Crippen molar-refractivity contribution in [2.24, 2.45) is 0 Å². The van der Waals surface area contributed by atoms with Crippen molar-refractivity contribution < 1.29 is 4.79 Å². The van der Waals surface area contributed by atoms with Gasteiger partial charge in [0.1, 0.15) is 0 Å². The Morgan fingerprint density at radius 2 is 2.11 bits per heavy atom. The molecule has 0 spiro atoms. The van der Waals surface area contributed by atoms with Crippen molar-refractivity contribution in [2.45, 2.75) is 32.6 Å². The quantitative estimate of drug-likeness (QED) is 0.804. The average Bonchev–Trinajstić information content (AvgIpc) is 2.82. The molecular weight excluding hydrogens is 226 g/mol. The molecule has 1 aliphatic rings. The van der Waals surface area contributed by atoms with E-state index in [4.69, 9.17) is 5.73 Å². The number of carbonyl (C=O) groups is 1. The summed E-state index contributed by atoms with van der Waals surface area (Å²) in [7, 11) is 0. The number of nitrogens with two attached hydrogens (primary N) is 1. The first kappa shape index (κ1) is 12.7. The van der Waals surface area contributed by atoms with Gasteiger partial charge < -0.3 is 16.0 Å². The molecular formula is C14H21N3O. The Labute approximate surface area is 108 Å². The first-order valence-corrected chi connectivity index (χ1v) is 6.65. The molecule has 0 unspecified atom stereocenters. The van der Waals surface area contributed by atoms with Gasteiger partial charge >= 0.3 is 0 Å². The lowest BCUT2D eigenvalue weighted by Gasteiger charge is -2.20. The standard InChI is InChI=1S/C14H21N3O/c1-2-5-14(18)16-11-6-7-13(12(15)10-11)17-8-3-4-9-17/h6-7,10H,2-5,8-9,15H2,1H3,(H,16,18). The van der Waals surface area contributed by atoms with Gasteiger partial charge in [0.25, 0.3) is 0 Å². The summed E-state index contributed by atoms with van der Waals surface area (Å²) in [5, 5.41) is 2.86. The van der Waals surface area contributed by atoms with Crippen molar-refractivity contribution >= 4 is 23.0 Å². The molecule has 0 bridgehead atoms. The smallest absolute Gasteiger partial charge is 0.224 e. The fourth-order valence-electron chi connectivity index (χ4n) is 2.33. The molecule has 0 atom stereocenters. The molecule has 4 heteroatoms. The third kappa shape index (κ3) is 2.94. The van der Waals surface area contributed by atoms with Crippen LogP contribution in [0.1, 0.15) is 32.6 Å². The molecule has 0 aliphatic carbocycles. The summed E-state index contributed by atoms with van der Waals surface area (Å²) >= 11 is 0. The minimum atomic E-state index is 0.0471. The second-order valence-electron chi connectivity index (χ2n) is 4.77. The molecule has 0 aromatic heterocycles. The van der Waals surface area contributed by atoms with Crippen molar-refractivity contribution in [3.8, 4) is 0 Å². The highest BCUT2D eigenvalue weighted by Crippen LogP contribution is 2.29. The largest absolute Gasteiger partial charge is 0.397 e. The van der Waals surface area contributed by atoms with E-state index < -0.39 is 0 Å². The lowest BCUT2D eigenvalue weighted by molar-refractivity contribution is -0.116. The van der Waals surface area contributed by atoms with Gasteiger partial charge in [0.2, 0.25) is 5.91 Å². The molecule has 1 aromatic rings. The number of rotatable bonds is 4. The molecule has 1 aromatic carbocycles. The zero-order valence-corrected chi connectivity index (χ0v) is 10.9. The number of benzene rings is 1. The van der Waals surface area contributed by atoms with Gasteiger partial charge in [0.05, 0.1) is 11.4 Å². The van der Waals surface area contributed by atoms with Crippen LogP contribution in [-0.2, 0) is 4.79 Å². The fourth-order valence-corrected chi connectivity index (χ4v) is 2.33. The van der Waals surface area contributed by atoms with Crippen molar-refractivity contribution in [3.05, 3.63) is 18.2 Å². The minimum absolute atomic E-state index is 0.0471. The number of hydrogen-bond acceptors (Lipinski definition) is 3. The van der Waals surface area contributed by atoms with E-state index in [1.165, 1.54) is 12.8 Å². The Balaban J connectivity index is 2.07. The summed E-state index contributed by atoms with van der Waals surface area (Å²) in [6.45, 7) is 4.14. The second kappa shape index (κ2) is 5.76. The van der Waals surface area contributed by atoms with Crippen LogP contribution in [0, 0.1) is 0 Å². The lowest BCUT2D eigenvalue weighted by atomic mass is 10.2. The van der Waals surface area contributed by atoms with E-state index >= 15 is 0 Å². The molecule has 0 radical (unpaired) electrons. The number of nitrogens with zero attached hydrogens (tertiary/aromatic N) is 1. The SMILES string of the molecule is CCCC(=O)Nc1ccc(N2CCCC2)c(N)c1. The van der Waals surface area contributed by atoms with E-state index in [1.807, 2.05) is 25.1 Å². The van der Waals surface area contributed by atoms with Crippen molar-refractivity contribution in [2.75, 3.05) is 29.0 Å². The maximum atomic E-state index is 11.5. The van der Waals surface area contributed by atoms with Crippen molar-refractivity contribution in [1.82, 2.24) is 0 Å². The Kier molecular flexibility index (Phi) is 4.07. The average molecular weight is 247 g/mol. The topological polar surface area (TPSA) is 58.4 Å². The lowest BCUT2D eigenvalue weighted by Crippen LogP contribution is -2.19. The van der Waals surface area contributed by atoms with Gasteiger partial charge in [0, 0.05) is 25.2 Å². The van der Waals surface area contributed by atoms with E-state index in [9.17, 15) is 4.79 Å². The zero-order valence-electron chi connectivity index (χ0n) is 10.9. The summed E-state index contributed by atoms with van der Waals surface area (Å²) in [6, 6.07) is 5.78. The van der Waals surface area contributed by atoms with Gasteiger partial charge in [-0.15, -0.1) is 0 Å². The van der Waals surface area contributed by atoms with Crippen LogP contribution in [0.25, 0.3) is 0 Å². The van der Waals surface area contributed by atoms with Crippen LogP contribution in [0.5, 0.6) is 0 Å². The Morgan fingerprint density at radius 1 is 1.39 bits per heavy atom. The number of anilines is 3. The summed E-state index contributed by atoms with van der Waals surface area (Å²) in [5.41, 5.74) is 8.67. The maximum Gasteiger partial charge on any atom is 0.224 e. The fraction of sp³-hybridized carbons (Fsp3) is 0.500. The zero-order chi connectivity index (χ0) is 13.0. The number of amides is 1. The van der Waals surface area contributed by atoms with Crippen LogP contribution >= 0.6 is 0 Å². The van der Waals surface area contributed by atoms with Gasteiger partial charge in [-0.3, -0.25) is 4.79 Å². The molecule has 1 heterocycles. The Morgan fingerprint density at radius 3 is 2.72 bits per heavy atom. The number of hydrogen-bond donors (Lipinski definition) is 2. The third-order valence-electron chi connectivity index (χ3n) is 3.24. The molecule has 3 N–H and O–H groups in total. The molecule has 1 aliphatic heterocycles. The third-order valence-corrected chi connectivity index (χ3v) is 3.24. The van der Waals surface area contributed by atoms with Gasteiger partial charge in [-0.05, 0) is 37.5 Å². The van der Waals surface area contributed by atoms with E-state index in [1.54, 1.807) is 0 Å². The molecule has 1 amide bonds. The maximum absolute atomic E-state index is 11.5. The monoisotopic (exact) mass is 247 g/mol. The molecule has 2 rings (SSSR count). The van der Waals surface area contributed by atoms with Gasteiger partial charge in [0.15, 0.2) is 0 Å². The van der Waals surface area contributed by atoms with Crippen LogP contribution < -0.4 is 16.0 Å². The van der Waals surface area contributed by atoms with Crippen LogP contribution in [0.3, 0.4) is 0 Å². The molecule has 1 saturated heterocycles. The Hall–Kier alpha value is -1.71. The first-order chi connectivity index (χ1) is 8.70. The van der Waals surface area contributed by atoms with Crippen molar-refractivity contribution in [3.63, 3.8) is 0 Å². The summed E-state index contributed by atoms with van der Waals surface area (Å²) in [4.78, 5) is 13.8. The molecule has 98 valence electrons.